The molecule has 2 unspecified atom stereocenters. The Bertz CT molecular complexity index is 348. The smallest absolute Gasteiger partial charge is 0.326 e. The van der Waals surface area contributed by atoms with E-state index in [0.717, 1.165) is 38.5 Å². The van der Waals surface area contributed by atoms with E-state index >= 15 is 0 Å². The summed E-state index contributed by atoms with van der Waals surface area (Å²) >= 11 is 0. The van der Waals surface area contributed by atoms with Crippen LogP contribution in [0, 0.1) is 11.8 Å². The van der Waals surface area contributed by atoms with E-state index in [1.807, 2.05) is 0 Å². The Balaban J connectivity index is 2.04. The van der Waals surface area contributed by atoms with Crippen LogP contribution in [0.15, 0.2) is 0 Å². The van der Waals surface area contributed by atoms with Crippen LogP contribution >= 0.6 is 0 Å². The second-order valence-corrected chi connectivity index (χ2v) is 6.37. The number of nitrogens with zero attached hydrogens (tertiary/aromatic N) is 1. The summed E-state index contributed by atoms with van der Waals surface area (Å²) in [5.74, 6) is -0.203. The third-order valence-electron chi connectivity index (χ3n) is 5.06. The molecule has 1 aliphatic heterocycles. The van der Waals surface area contributed by atoms with E-state index in [-0.39, 0.29) is 11.8 Å². The Hall–Kier alpha value is -1.06. The number of aliphatic carboxylic acids is 1. The van der Waals surface area contributed by atoms with Crippen molar-refractivity contribution in [2.24, 2.45) is 11.8 Å². The normalized spacial score (nSPS) is 28.9. The number of likely N-dealkylation sites (tertiary alicyclic amines) is 1. The fourth-order valence-corrected chi connectivity index (χ4v) is 3.67. The number of hydrogen-bond donors (Lipinski definition) is 1. The molecule has 1 saturated carbocycles. The van der Waals surface area contributed by atoms with Crippen LogP contribution in [0.4, 0.5) is 0 Å². The van der Waals surface area contributed by atoms with Crippen LogP contribution in [0.3, 0.4) is 0 Å². The number of piperidine rings is 1. The molecule has 2 atom stereocenters. The van der Waals surface area contributed by atoms with Crippen molar-refractivity contribution in [2.45, 2.75) is 70.8 Å². The van der Waals surface area contributed by atoms with E-state index < -0.39 is 12.0 Å². The molecule has 0 aromatic carbocycles. The largest absolute Gasteiger partial charge is 0.480 e. The molecule has 0 aromatic rings. The summed E-state index contributed by atoms with van der Waals surface area (Å²) in [5, 5.41) is 9.43. The predicted molar refractivity (Wildman–Crippen MR) is 77.3 cm³/mol. The lowest BCUT2D eigenvalue weighted by molar-refractivity contribution is -0.155. The second-order valence-electron chi connectivity index (χ2n) is 6.37. The highest BCUT2D eigenvalue weighted by molar-refractivity contribution is 5.85. The maximum Gasteiger partial charge on any atom is 0.326 e. The van der Waals surface area contributed by atoms with Gasteiger partial charge in [-0.2, -0.15) is 0 Å². The van der Waals surface area contributed by atoms with Crippen molar-refractivity contribution in [3.63, 3.8) is 0 Å². The van der Waals surface area contributed by atoms with Gasteiger partial charge in [-0.15, -0.1) is 0 Å². The number of carbonyl (C=O) groups excluding carboxylic acids is 1. The van der Waals surface area contributed by atoms with Gasteiger partial charge in [-0.1, -0.05) is 39.0 Å². The summed E-state index contributed by atoms with van der Waals surface area (Å²) < 4.78 is 0. The molecular formula is C16H27NO3. The molecule has 0 radical (unpaired) electrons. The third-order valence-corrected chi connectivity index (χ3v) is 5.06. The summed E-state index contributed by atoms with van der Waals surface area (Å²) in [6, 6.07) is -0.593. The minimum Gasteiger partial charge on any atom is -0.480 e. The highest BCUT2D eigenvalue weighted by atomic mass is 16.4. The Kier molecular flexibility index (Phi) is 5.44. The lowest BCUT2D eigenvalue weighted by Crippen LogP contribution is -2.51. The summed E-state index contributed by atoms with van der Waals surface area (Å²) in [5.41, 5.74) is 0. The van der Waals surface area contributed by atoms with Crippen LogP contribution in [0.2, 0.25) is 0 Å². The van der Waals surface area contributed by atoms with E-state index in [9.17, 15) is 14.7 Å². The minimum atomic E-state index is -0.829. The number of rotatable bonds is 3. The van der Waals surface area contributed by atoms with Gasteiger partial charge in [-0.05, 0) is 31.6 Å². The molecular weight excluding hydrogens is 254 g/mol. The van der Waals surface area contributed by atoms with Crippen LogP contribution in [0.1, 0.15) is 64.7 Å². The average molecular weight is 281 g/mol. The van der Waals surface area contributed by atoms with Gasteiger partial charge in [0, 0.05) is 12.5 Å². The van der Waals surface area contributed by atoms with Gasteiger partial charge in [0.05, 0.1) is 0 Å². The standard InChI is InChI=1S/C16H27NO3/c1-2-12-9-10-17(14(11-12)16(19)20)15(18)13-7-5-3-4-6-8-13/h12-14H,2-11H2,1H3,(H,19,20). The highest BCUT2D eigenvalue weighted by Gasteiger charge is 2.37. The van der Waals surface area contributed by atoms with Crippen LogP contribution < -0.4 is 0 Å². The first-order valence-corrected chi connectivity index (χ1v) is 8.16. The molecule has 2 aliphatic rings. The molecule has 0 spiro atoms. The zero-order chi connectivity index (χ0) is 14.5. The number of carboxylic acids is 1. The molecule has 0 bridgehead atoms. The summed E-state index contributed by atoms with van der Waals surface area (Å²) in [4.78, 5) is 25.8. The van der Waals surface area contributed by atoms with E-state index in [1.165, 1.54) is 12.8 Å². The van der Waals surface area contributed by atoms with Gasteiger partial charge in [-0.25, -0.2) is 4.79 Å². The number of hydrogen-bond acceptors (Lipinski definition) is 2. The molecule has 20 heavy (non-hydrogen) atoms. The number of carbonyl (C=O) groups is 2. The Morgan fingerprint density at radius 1 is 1.10 bits per heavy atom. The van der Waals surface area contributed by atoms with Crippen LogP contribution in [-0.4, -0.2) is 34.5 Å². The third kappa shape index (κ3) is 3.53. The van der Waals surface area contributed by atoms with Crippen molar-refractivity contribution in [2.75, 3.05) is 6.54 Å². The molecule has 2 rings (SSSR count). The SMILES string of the molecule is CCC1CCN(C(=O)C2CCCCCC2)C(C(=O)O)C1. The van der Waals surface area contributed by atoms with Crippen molar-refractivity contribution in [3.05, 3.63) is 0 Å². The average Bonchev–Trinajstić information content (AvgIpc) is 2.74. The zero-order valence-corrected chi connectivity index (χ0v) is 12.5. The Labute approximate surface area is 121 Å². The fraction of sp³-hybridized carbons (Fsp3) is 0.875. The molecule has 1 amide bonds. The van der Waals surface area contributed by atoms with Crippen LogP contribution in [0.25, 0.3) is 0 Å². The molecule has 0 aromatic heterocycles. The lowest BCUT2D eigenvalue weighted by atomic mass is 9.87. The quantitative estimate of drug-likeness (QED) is 0.809. The molecule has 114 valence electrons. The van der Waals surface area contributed by atoms with Crippen LogP contribution in [0.5, 0.6) is 0 Å². The van der Waals surface area contributed by atoms with E-state index in [4.69, 9.17) is 0 Å². The molecule has 2 fully saturated rings. The summed E-state index contributed by atoms with van der Waals surface area (Å²) in [7, 11) is 0. The molecule has 4 heteroatoms. The topological polar surface area (TPSA) is 57.6 Å². The molecule has 1 saturated heterocycles. The predicted octanol–water partition coefficient (Wildman–Crippen LogP) is 3.06. The maximum atomic E-state index is 12.7. The van der Waals surface area contributed by atoms with Crippen molar-refractivity contribution < 1.29 is 14.7 Å². The fourth-order valence-electron chi connectivity index (χ4n) is 3.67. The first-order valence-electron chi connectivity index (χ1n) is 8.16. The molecule has 1 N–H and O–H groups in total. The lowest BCUT2D eigenvalue weighted by Gasteiger charge is -2.38. The first kappa shape index (κ1) is 15.3. The molecule has 1 aliphatic carbocycles. The van der Waals surface area contributed by atoms with Gasteiger partial charge in [-0.3, -0.25) is 4.79 Å². The molecule has 1 heterocycles. The van der Waals surface area contributed by atoms with Gasteiger partial charge >= 0.3 is 5.97 Å². The highest BCUT2D eigenvalue weighted by Crippen LogP contribution is 2.30. The Morgan fingerprint density at radius 2 is 1.75 bits per heavy atom. The van der Waals surface area contributed by atoms with Gasteiger partial charge in [0.15, 0.2) is 0 Å². The van der Waals surface area contributed by atoms with Crippen LogP contribution in [-0.2, 0) is 9.59 Å². The van der Waals surface area contributed by atoms with Crippen molar-refractivity contribution >= 4 is 11.9 Å². The molecule has 4 nitrogen and oxygen atoms in total. The first-order chi connectivity index (χ1) is 9.63. The van der Waals surface area contributed by atoms with Gasteiger partial charge < -0.3 is 10.0 Å². The second kappa shape index (κ2) is 7.09. The van der Waals surface area contributed by atoms with Gasteiger partial charge in [0.2, 0.25) is 5.91 Å². The van der Waals surface area contributed by atoms with Gasteiger partial charge in [0.1, 0.15) is 6.04 Å². The minimum absolute atomic E-state index is 0.0672. The van der Waals surface area contributed by atoms with Crippen molar-refractivity contribution in [1.82, 2.24) is 4.90 Å². The maximum absolute atomic E-state index is 12.7. The summed E-state index contributed by atoms with van der Waals surface area (Å²) in [6.07, 6.45) is 9.13. The Morgan fingerprint density at radius 3 is 2.30 bits per heavy atom. The number of carboxylic acid groups (broad SMARTS) is 1. The zero-order valence-electron chi connectivity index (χ0n) is 12.5. The van der Waals surface area contributed by atoms with Gasteiger partial charge in [0.25, 0.3) is 0 Å². The van der Waals surface area contributed by atoms with Crippen molar-refractivity contribution in [3.8, 4) is 0 Å². The summed E-state index contributed by atoms with van der Waals surface area (Å²) in [6.45, 7) is 2.73. The number of amides is 1. The van der Waals surface area contributed by atoms with E-state index in [1.54, 1.807) is 4.90 Å². The monoisotopic (exact) mass is 281 g/mol. The van der Waals surface area contributed by atoms with Crippen molar-refractivity contribution in [1.29, 1.82) is 0 Å². The van der Waals surface area contributed by atoms with E-state index in [0.29, 0.717) is 18.9 Å². The van der Waals surface area contributed by atoms with E-state index in [2.05, 4.69) is 6.92 Å².